The van der Waals surface area contributed by atoms with Gasteiger partial charge in [0.1, 0.15) is 0 Å². The van der Waals surface area contributed by atoms with Crippen LogP contribution < -0.4 is 15.3 Å². The van der Waals surface area contributed by atoms with E-state index < -0.39 is 5.97 Å². The van der Waals surface area contributed by atoms with E-state index in [2.05, 4.69) is 10.1 Å². The van der Waals surface area contributed by atoms with Gasteiger partial charge in [-0.3, -0.25) is 4.98 Å². The monoisotopic (exact) mass is 271 g/mol. The number of ether oxygens (including phenoxy) is 2. The molecule has 0 aliphatic rings. The Balaban J connectivity index is 2.23. The Bertz CT molecular complexity index is 627. The Morgan fingerprint density at radius 1 is 1.25 bits per heavy atom. The van der Waals surface area contributed by atoms with Crippen molar-refractivity contribution < 1.29 is 14.3 Å². The van der Waals surface area contributed by atoms with Crippen molar-refractivity contribution >= 4 is 12.2 Å². The van der Waals surface area contributed by atoms with Crippen molar-refractivity contribution in [3.8, 4) is 11.5 Å². The SMILES string of the molecule is COc1cc(/C=N\N)ccc1OC(=O)c1ccncc1. The summed E-state index contributed by atoms with van der Waals surface area (Å²) < 4.78 is 10.5. The number of nitrogens with zero attached hydrogens (tertiary/aromatic N) is 2. The van der Waals surface area contributed by atoms with Gasteiger partial charge in [-0.1, -0.05) is 0 Å². The molecule has 2 rings (SSSR count). The molecule has 0 saturated carbocycles. The van der Waals surface area contributed by atoms with Crippen molar-refractivity contribution in [2.75, 3.05) is 7.11 Å². The van der Waals surface area contributed by atoms with Gasteiger partial charge in [0.25, 0.3) is 0 Å². The van der Waals surface area contributed by atoms with Gasteiger partial charge in [-0.15, -0.1) is 0 Å². The number of hydrogen-bond donors (Lipinski definition) is 1. The summed E-state index contributed by atoms with van der Waals surface area (Å²) >= 11 is 0. The molecule has 0 aliphatic carbocycles. The first-order chi connectivity index (χ1) is 9.74. The van der Waals surface area contributed by atoms with Crippen LogP contribution in [0, 0.1) is 0 Å². The first-order valence-corrected chi connectivity index (χ1v) is 5.78. The van der Waals surface area contributed by atoms with Gasteiger partial charge >= 0.3 is 5.97 Å². The van der Waals surface area contributed by atoms with Crippen molar-refractivity contribution in [2.45, 2.75) is 0 Å². The van der Waals surface area contributed by atoms with Crippen LogP contribution in [0.4, 0.5) is 0 Å². The predicted octanol–water partition coefficient (Wildman–Crippen LogP) is 1.60. The highest BCUT2D eigenvalue weighted by Gasteiger charge is 2.12. The van der Waals surface area contributed by atoms with E-state index in [-0.39, 0.29) is 0 Å². The maximum Gasteiger partial charge on any atom is 0.343 e. The largest absolute Gasteiger partial charge is 0.493 e. The van der Waals surface area contributed by atoms with Crippen molar-refractivity contribution in [3.05, 3.63) is 53.9 Å². The Morgan fingerprint density at radius 2 is 2.00 bits per heavy atom. The van der Waals surface area contributed by atoms with Gasteiger partial charge in [0.2, 0.25) is 0 Å². The third-order valence-corrected chi connectivity index (χ3v) is 2.53. The molecule has 0 bridgehead atoms. The number of carbonyl (C=O) groups is 1. The molecule has 0 amide bonds. The van der Waals surface area contributed by atoms with Crippen LogP contribution in [-0.2, 0) is 0 Å². The summed E-state index contributed by atoms with van der Waals surface area (Å²) in [5, 5.41) is 3.42. The Labute approximate surface area is 115 Å². The second-order valence-corrected chi connectivity index (χ2v) is 3.81. The van der Waals surface area contributed by atoms with Gasteiger partial charge in [0, 0.05) is 12.4 Å². The molecule has 1 aromatic carbocycles. The minimum Gasteiger partial charge on any atom is -0.493 e. The number of carbonyl (C=O) groups excluding carboxylic acids is 1. The van der Waals surface area contributed by atoms with Crippen molar-refractivity contribution in [1.82, 2.24) is 4.98 Å². The molecule has 6 nitrogen and oxygen atoms in total. The number of benzene rings is 1. The molecule has 2 N–H and O–H groups in total. The fraction of sp³-hybridized carbons (Fsp3) is 0.0714. The lowest BCUT2D eigenvalue weighted by atomic mass is 10.2. The lowest BCUT2D eigenvalue weighted by Crippen LogP contribution is -2.09. The molecule has 20 heavy (non-hydrogen) atoms. The van der Waals surface area contributed by atoms with E-state index in [0.29, 0.717) is 17.1 Å². The molecule has 0 fully saturated rings. The summed E-state index contributed by atoms with van der Waals surface area (Å²) in [6.45, 7) is 0. The number of hydrazone groups is 1. The maximum absolute atomic E-state index is 11.9. The minimum atomic E-state index is -0.481. The van der Waals surface area contributed by atoms with Gasteiger partial charge in [-0.2, -0.15) is 5.10 Å². The summed E-state index contributed by atoms with van der Waals surface area (Å²) in [5.41, 5.74) is 1.16. The van der Waals surface area contributed by atoms with E-state index in [1.54, 1.807) is 30.3 Å². The molecule has 0 radical (unpaired) electrons. The normalized spacial score (nSPS) is 10.4. The number of hydrogen-bond acceptors (Lipinski definition) is 6. The van der Waals surface area contributed by atoms with E-state index in [1.807, 2.05) is 0 Å². The molecule has 0 saturated heterocycles. The molecular formula is C14H13N3O3. The lowest BCUT2D eigenvalue weighted by molar-refractivity contribution is 0.0729. The number of rotatable bonds is 4. The Kier molecular flexibility index (Phi) is 4.28. The van der Waals surface area contributed by atoms with Crippen LogP contribution in [0.2, 0.25) is 0 Å². The highest BCUT2D eigenvalue weighted by molar-refractivity contribution is 5.91. The number of nitrogens with two attached hydrogens (primary N) is 1. The van der Waals surface area contributed by atoms with Crippen LogP contribution in [0.5, 0.6) is 11.5 Å². The smallest absolute Gasteiger partial charge is 0.343 e. The molecule has 0 atom stereocenters. The second-order valence-electron chi connectivity index (χ2n) is 3.81. The van der Waals surface area contributed by atoms with E-state index in [0.717, 1.165) is 5.56 Å². The maximum atomic E-state index is 11.9. The topological polar surface area (TPSA) is 86.8 Å². The molecule has 1 heterocycles. The zero-order chi connectivity index (χ0) is 14.4. The van der Waals surface area contributed by atoms with Gasteiger partial charge in [-0.25, -0.2) is 4.79 Å². The summed E-state index contributed by atoms with van der Waals surface area (Å²) in [4.78, 5) is 15.8. The Morgan fingerprint density at radius 3 is 2.65 bits per heavy atom. The highest BCUT2D eigenvalue weighted by atomic mass is 16.6. The molecule has 2 aromatic rings. The summed E-state index contributed by atoms with van der Waals surface area (Å²) in [6, 6.07) is 8.16. The van der Waals surface area contributed by atoms with E-state index in [1.165, 1.54) is 25.7 Å². The number of methoxy groups -OCH3 is 1. The molecule has 1 aromatic heterocycles. The fourth-order valence-corrected chi connectivity index (χ4v) is 1.58. The van der Waals surface area contributed by atoms with Crippen molar-refractivity contribution in [2.24, 2.45) is 10.9 Å². The molecule has 102 valence electrons. The number of aromatic nitrogens is 1. The van der Waals surface area contributed by atoms with Crippen LogP contribution in [0.3, 0.4) is 0 Å². The minimum absolute atomic E-state index is 0.323. The molecule has 0 spiro atoms. The highest BCUT2D eigenvalue weighted by Crippen LogP contribution is 2.28. The van der Waals surface area contributed by atoms with E-state index in [4.69, 9.17) is 15.3 Å². The van der Waals surface area contributed by atoms with Crippen LogP contribution >= 0.6 is 0 Å². The van der Waals surface area contributed by atoms with Crippen LogP contribution in [0.25, 0.3) is 0 Å². The van der Waals surface area contributed by atoms with Crippen molar-refractivity contribution in [1.29, 1.82) is 0 Å². The standard InChI is InChI=1S/C14H13N3O3/c1-19-13-8-10(9-17-15)2-3-12(13)20-14(18)11-4-6-16-7-5-11/h2-9H,15H2,1H3/b17-9-. The van der Waals surface area contributed by atoms with E-state index >= 15 is 0 Å². The van der Waals surface area contributed by atoms with Gasteiger partial charge in [-0.05, 0) is 35.9 Å². The summed E-state index contributed by atoms with van der Waals surface area (Å²) in [6.07, 6.45) is 4.51. The average Bonchev–Trinajstić information content (AvgIpc) is 2.50. The molecule has 6 heteroatoms. The molecule has 0 aliphatic heterocycles. The average molecular weight is 271 g/mol. The van der Waals surface area contributed by atoms with Crippen LogP contribution in [0.15, 0.2) is 47.8 Å². The predicted molar refractivity (Wildman–Crippen MR) is 74.0 cm³/mol. The van der Waals surface area contributed by atoms with Gasteiger partial charge < -0.3 is 15.3 Å². The number of pyridine rings is 1. The first kappa shape index (κ1) is 13.5. The molecule has 0 unspecified atom stereocenters. The van der Waals surface area contributed by atoms with Crippen LogP contribution in [-0.4, -0.2) is 24.3 Å². The fourth-order valence-electron chi connectivity index (χ4n) is 1.58. The Hall–Kier alpha value is -2.89. The van der Waals surface area contributed by atoms with Crippen molar-refractivity contribution in [3.63, 3.8) is 0 Å². The third-order valence-electron chi connectivity index (χ3n) is 2.53. The number of esters is 1. The zero-order valence-electron chi connectivity index (χ0n) is 10.8. The molecular weight excluding hydrogens is 258 g/mol. The summed E-state index contributed by atoms with van der Waals surface area (Å²) in [7, 11) is 1.49. The van der Waals surface area contributed by atoms with Crippen LogP contribution in [0.1, 0.15) is 15.9 Å². The first-order valence-electron chi connectivity index (χ1n) is 5.78. The third kappa shape index (κ3) is 3.11. The summed E-state index contributed by atoms with van der Waals surface area (Å²) in [5.74, 6) is 5.35. The zero-order valence-corrected chi connectivity index (χ0v) is 10.8. The quantitative estimate of drug-likeness (QED) is 0.300. The van der Waals surface area contributed by atoms with Gasteiger partial charge in [0.05, 0.1) is 18.9 Å². The lowest BCUT2D eigenvalue weighted by Gasteiger charge is -2.09. The van der Waals surface area contributed by atoms with Gasteiger partial charge in [0.15, 0.2) is 11.5 Å². The second kappa shape index (κ2) is 6.33. The van der Waals surface area contributed by atoms with E-state index in [9.17, 15) is 4.79 Å².